The third-order valence-electron chi connectivity index (χ3n) is 3.20. The summed E-state index contributed by atoms with van der Waals surface area (Å²) < 4.78 is 0. The maximum absolute atomic E-state index is 10.7. The van der Waals surface area contributed by atoms with E-state index in [1.807, 2.05) is 0 Å². The van der Waals surface area contributed by atoms with Crippen LogP contribution in [0.1, 0.15) is 12.8 Å². The second kappa shape index (κ2) is 5.03. The molecular formula is C10H8O8-4. The summed E-state index contributed by atoms with van der Waals surface area (Å²) in [6.45, 7) is 0. The first kappa shape index (κ1) is 13.9. The Labute approximate surface area is 101 Å². The summed E-state index contributed by atoms with van der Waals surface area (Å²) in [5, 5.41) is 42.9. The van der Waals surface area contributed by atoms with Crippen LogP contribution in [0.2, 0.25) is 0 Å². The molecule has 0 unspecified atom stereocenters. The van der Waals surface area contributed by atoms with Gasteiger partial charge in [0.15, 0.2) is 0 Å². The van der Waals surface area contributed by atoms with Crippen molar-refractivity contribution in [2.75, 3.05) is 0 Å². The molecule has 18 heavy (non-hydrogen) atoms. The van der Waals surface area contributed by atoms with Crippen molar-refractivity contribution in [1.82, 2.24) is 0 Å². The number of hydrogen-bond donors (Lipinski definition) is 0. The minimum Gasteiger partial charge on any atom is -0.550 e. The molecule has 0 amide bonds. The van der Waals surface area contributed by atoms with E-state index in [4.69, 9.17) is 0 Å². The summed E-state index contributed by atoms with van der Waals surface area (Å²) >= 11 is 0. The molecule has 0 aromatic heterocycles. The van der Waals surface area contributed by atoms with Crippen LogP contribution < -0.4 is 20.4 Å². The molecule has 0 saturated heterocycles. The van der Waals surface area contributed by atoms with Gasteiger partial charge in [0.2, 0.25) is 0 Å². The van der Waals surface area contributed by atoms with E-state index in [1.54, 1.807) is 0 Å². The maximum atomic E-state index is 10.7. The van der Waals surface area contributed by atoms with E-state index in [1.165, 1.54) is 0 Å². The van der Waals surface area contributed by atoms with Gasteiger partial charge in [0.1, 0.15) is 0 Å². The first-order valence-electron chi connectivity index (χ1n) is 5.09. The molecule has 1 aliphatic rings. The molecule has 0 radical (unpaired) electrons. The van der Waals surface area contributed by atoms with Crippen molar-refractivity contribution in [3.05, 3.63) is 0 Å². The van der Waals surface area contributed by atoms with Crippen LogP contribution in [0, 0.1) is 23.7 Å². The Morgan fingerprint density at radius 1 is 0.556 bits per heavy atom. The van der Waals surface area contributed by atoms with Crippen molar-refractivity contribution < 1.29 is 39.6 Å². The predicted octanol–water partition coefficient (Wildman–Crippen LogP) is -5.76. The van der Waals surface area contributed by atoms with Crippen LogP contribution in [-0.2, 0) is 19.2 Å². The van der Waals surface area contributed by atoms with Gasteiger partial charge in [-0.05, 0) is 12.8 Å². The minimum atomic E-state index is -1.76. The van der Waals surface area contributed by atoms with Crippen molar-refractivity contribution in [3.8, 4) is 0 Å². The third kappa shape index (κ3) is 2.58. The van der Waals surface area contributed by atoms with Gasteiger partial charge >= 0.3 is 0 Å². The minimum absolute atomic E-state index is 0.692. The lowest BCUT2D eigenvalue weighted by Crippen LogP contribution is -2.55. The van der Waals surface area contributed by atoms with Gasteiger partial charge in [0.25, 0.3) is 0 Å². The van der Waals surface area contributed by atoms with E-state index >= 15 is 0 Å². The maximum Gasteiger partial charge on any atom is 0.0452 e. The summed E-state index contributed by atoms with van der Waals surface area (Å²) in [7, 11) is 0. The summed E-state index contributed by atoms with van der Waals surface area (Å²) in [6, 6.07) is 0. The molecule has 0 aliphatic heterocycles. The molecule has 0 N–H and O–H groups in total. The molecule has 4 atom stereocenters. The second-order valence-corrected chi connectivity index (χ2v) is 4.17. The van der Waals surface area contributed by atoms with E-state index in [2.05, 4.69) is 0 Å². The summed E-state index contributed by atoms with van der Waals surface area (Å²) in [5.74, 6) is -13.5. The van der Waals surface area contributed by atoms with Crippen LogP contribution in [0.4, 0.5) is 0 Å². The molecule has 0 heterocycles. The van der Waals surface area contributed by atoms with Crippen LogP contribution in [0.5, 0.6) is 0 Å². The van der Waals surface area contributed by atoms with Crippen molar-refractivity contribution in [2.24, 2.45) is 23.7 Å². The number of hydrogen-bond acceptors (Lipinski definition) is 8. The Morgan fingerprint density at radius 2 is 0.722 bits per heavy atom. The summed E-state index contributed by atoms with van der Waals surface area (Å²) in [4.78, 5) is 42.9. The standard InChI is InChI=1S/C10H12O8/c11-7(12)3-1-4(8(13)14)6(10(17)18)2-5(3)9(15)16/h3-6H,1-2H2,(H,11,12)(H,13,14)(H,15,16)(H,17,18)/p-4/t3-,4-,5-,6-/m0/s1. The highest BCUT2D eigenvalue weighted by Gasteiger charge is 2.39. The van der Waals surface area contributed by atoms with Crippen molar-refractivity contribution in [3.63, 3.8) is 0 Å². The zero-order valence-corrected chi connectivity index (χ0v) is 8.99. The fourth-order valence-electron chi connectivity index (χ4n) is 2.25. The number of rotatable bonds is 4. The molecule has 8 heteroatoms. The Kier molecular flexibility index (Phi) is 3.89. The largest absolute Gasteiger partial charge is 0.550 e. The molecule has 1 aliphatic carbocycles. The van der Waals surface area contributed by atoms with Crippen molar-refractivity contribution >= 4 is 23.9 Å². The molecule has 0 spiro atoms. The number of aliphatic carboxylic acids is 4. The highest BCUT2D eigenvalue weighted by Crippen LogP contribution is 2.37. The molecule has 1 saturated carbocycles. The number of carbonyl (C=O) groups is 4. The van der Waals surface area contributed by atoms with Gasteiger partial charge in [-0.3, -0.25) is 0 Å². The molecule has 1 rings (SSSR count). The smallest absolute Gasteiger partial charge is 0.0452 e. The molecule has 8 nitrogen and oxygen atoms in total. The van der Waals surface area contributed by atoms with E-state index < -0.39 is 60.4 Å². The van der Waals surface area contributed by atoms with E-state index in [-0.39, 0.29) is 0 Å². The SMILES string of the molecule is O=C([O-])[C@H]1C[C@H](C(=O)[O-])[C@@H](C(=O)[O-])C[C@@H]1C(=O)[O-]. The van der Waals surface area contributed by atoms with Crippen LogP contribution >= 0.6 is 0 Å². The normalized spacial score (nSPS) is 31.6. The Bertz CT molecular complexity index is 327. The number of carbonyl (C=O) groups excluding carboxylic acids is 4. The van der Waals surface area contributed by atoms with Crippen LogP contribution in [-0.4, -0.2) is 23.9 Å². The zero-order chi connectivity index (χ0) is 14.0. The predicted molar refractivity (Wildman–Crippen MR) is 43.2 cm³/mol. The van der Waals surface area contributed by atoms with Crippen LogP contribution in [0.25, 0.3) is 0 Å². The van der Waals surface area contributed by atoms with Crippen LogP contribution in [0.15, 0.2) is 0 Å². The third-order valence-corrected chi connectivity index (χ3v) is 3.20. The van der Waals surface area contributed by atoms with E-state index in [9.17, 15) is 39.6 Å². The Morgan fingerprint density at radius 3 is 0.833 bits per heavy atom. The van der Waals surface area contributed by atoms with E-state index in [0.717, 1.165) is 0 Å². The second-order valence-electron chi connectivity index (χ2n) is 4.17. The molecule has 100 valence electrons. The lowest BCUT2D eigenvalue weighted by Gasteiger charge is -2.43. The Balaban J connectivity index is 3.06. The number of carboxylic acid groups (broad SMARTS) is 4. The average molecular weight is 256 g/mol. The average Bonchev–Trinajstić information content (AvgIpc) is 2.26. The Hall–Kier alpha value is -2.12. The highest BCUT2D eigenvalue weighted by atomic mass is 16.4. The quantitative estimate of drug-likeness (QED) is 0.480. The first-order chi connectivity index (χ1) is 8.25. The topological polar surface area (TPSA) is 161 Å². The van der Waals surface area contributed by atoms with Gasteiger partial charge in [-0.25, -0.2) is 0 Å². The number of carboxylic acids is 4. The van der Waals surface area contributed by atoms with Gasteiger partial charge in [-0.2, -0.15) is 0 Å². The molecule has 0 aromatic carbocycles. The molecular weight excluding hydrogens is 248 g/mol. The van der Waals surface area contributed by atoms with Crippen LogP contribution in [0.3, 0.4) is 0 Å². The van der Waals surface area contributed by atoms with Gasteiger partial charge in [0, 0.05) is 47.5 Å². The highest BCUT2D eigenvalue weighted by molar-refractivity contribution is 5.83. The van der Waals surface area contributed by atoms with Crippen molar-refractivity contribution in [2.45, 2.75) is 12.8 Å². The molecule has 1 fully saturated rings. The van der Waals surface area contributed by atoms with Gasteiger partial charge in [-0.1, -0.05) is 0 Å². The van der Waals surface area contributed by atoms with Gasteiger partial charge in [-0.15, -0.1) is 0 Å². The van der Waals surface area contributed by atoms with Gasteiger partial charge < -0.3 is 39.6 Å². The first-order valence-corrected chi connectivity index (χ1v) is 5.09. The van der Waals surface area contributed by atoms with Crippen molar-refractivity contribution in [1.29, 1.82) is 0 Å². The van der Waals surface area contributed by atoms with E-state index in [0.29, 0.717) is 0 Å². The zero-order valence-electron chi connectivity index (χ0n) is 8.99. The van der Waals surface area contributed by atoms with Gasteiger partial charge in [0.05, 0.1) is 0 Å². The molecule has 0 bridgehead atoms. The lowest BCUT2D eigenvalue weighted by molar-refractivity contribution is -0.340. The fourth-order valence-corrected chi connectivity index (χ4v) is 2.25. The molecule has 0 aromatic rings. The monoisotopic (exact) mass is 256 g/mol. The fraction of sp³-hybridized carbons (Fsp3) is 0.600. The summed E-state index contributed by atoms with van der Waals surface area (Å²) in [5.41, 5.74) is 0. The lowest BCUT2D eigenvalue weighted by atomic mass is 9.68. The summed E-state index contributed by atoms with van der Waals surface area (Å²) in [6.07, 6.45) is -1.38.